The van der Waals surface area contributed by atoms with Crippen molar-refractivity contribution >= 4 is 23.4 Å². The molecule has 1 aliphatic rings. The molecule has 0 atom stereocenters. The Kier molecular flexibility index (Phi) is 5.81. The highest BCUT2D eigenvalue weighted by molar-refractivity contribution is 7.99. The molecule has 1 N–H and O–H groups in total. The number of aromatic nitrogens is 4. The molecule has 2 aromatic heterocycles. The standard InChI is InChI=1S/C21H25N5OS/c1-16-8-7-11-18(14-16)22-19(27)15-28-21-24-23-20(17-9-3-2-4-10-17)26(21)25-12-5-6-13-25/h5-8,11-14,17H,2-4,9-10,15H2,1H3,(H,22,27). The molecule has 28 heavy (non-hydrogen) atoms. The Bertz CT molecular complexity index is 928. The van der Waals surface area contributed by atoms with Crippen molar-refractivity contribution in [3.8, 4) is 0 Å². The van der Waals surface area contributed by atoms with Crippen LogP contribution >= 0.6 is 11.8 Å². The number of hydrogen-bond donors (Lipinski definition) is 1. The predicted molar refractivity (Wildman–Crippen MR) is 112 cm³/mol. The number of anilines is 1. The van der Waals surface area contributed by atoms with Gasteiger partial charge in [-0.1, -0.05) is 43.2 Å². The fourth-order valence-corrected chi connectivity index (χ4v) is 4.45. The van der Waals surface area contributed by atoms with Gasteiger partial charge >= 0.3 is 0 Å². The number of amides is 1. The number of nitrogens with zero attached hydrogens (tertiary/aromatic N) is 4. The SMILES string of the molecule is Cc1cccc(NC(=O)CSc2nnc(C3CCCCC3)n2-n2cccc2)c1. The summed E-state index contributed by atoms with van der Waals surface area (Å²) in [6.07, 6.45) is 10.1. The van der Waals surface area contributed by atoms with Gasteiger partial charge in [0.05, 0.1) is 5.75 Å². The van der Waals surface area contributed by atoms with Gasteiger partial charge in [-0.3, -0.25) is 9.47 Å². The second kappa shape index (κ2) is 8.65. The van der Waals surface area contributed by atoms with E-state index in [9.17, 15) is 4.79 Å². The van der Waals surface area contributed by atoms with E-state index in [4.69, 9.17) is 0 Å². The van der Waals surface area contributed by atoms with Crippen molar-refractivity contribution in [3.05, 3.63) is 60.2 Å². The number of hydrogen-bond acceptors (Lipinski definition) is 4. The predicted octanol–water partition coefficient (Wildman–Crippen LogP) is 4.48. The summed E-state index contributed by atoms with van der Waals surface area (Å²) in [5.41, 5.74) is 1.94. The number of carbonyl (C=O) groups excluding carboxylic acids is 1. The van der Waals surface area contributed by atoms with Gasteiger partial charge in [0.15, 0.2) is 5.82 Å². The largest absolute Gasteiger partial charge is 0.325 e. The van der Waals surface area contributed by atoms with Crippen LogP contribution in [0.3, 0.4) is 0 Å². The van der Waals surface area contributed by atoms with E-state index in [1.54, 1.807) is 0 Å². The number of aryl methyl sites for hydroxylation is 1. The molecule has 0 bridgehead atoms. The minimum absolute atomic E-state index is 0.0446. The quantitative estimate of drug-likeness (QED) is 0.625. The van der Waals surface area contributed by atoms with E-state index in [2.05, 4.69) is 20.2 Å². The Morgan fingerprint density at radius 1 is 1.14 bits per heavy atom. The van der Waals surface area contributed by atoms with Gasteiger partial charge in [0.25, 0.3) is 0 Å². The van der Waals surface area contributed by atoms with Gasteiger partial charge in [0.2, 0.25) is 11.1 Å². The average molecular weight is 396 g/mol. The molecule has 0 aliphatic heterocycles. The molecule has 3 aromatic rings. The van der Waals surface area contributed by atoms with Crippen molar-refractivity contribution < 1.29 is 4.79 Å². The van der Waals surface area contributed by atoms with Gasteiger partial charge < -0.3 is 5.32 Å². The zero-order chi connectivity index (χ0) is 19.3. The van der Waals surface area contributed by atoms with Crippen molar-refractivity contribution in [2.24, 2.45) is 0 Å². The van der Waals surface area contributed by atoms with Crippen LogP contribution in [0.15, 0.2) is 53.9 Å². The maximum Gasteiger partial charge on any atom is 0.234 e. The molecule has 4 rings (SSSR count). The Morgan fingerprint density at radius 2 is 1.93 bits per heavy atom. The first-order valence-corrected chi connectivity index (χ1v) is 10.8. The molecular weight excluding hydrogens is 370 g/mol. The lowest BCUT2D eigenvalue weighted by atomic mass is 9.89. The first-order valence-electron chi connectivity index (χ1n) is 9.79. The zero-order valence-corrected chi connectivity index (χ0v) is 16.9. The fourth-order valence-electron chi connectivity index (χ4n) is 3.71. The highest BCUT2D eigenvalue weighted by Gasteiger charge is 2.24. The third-order valence-corrected chi connectivity index (χ3v) is 5.98. The summed E-state index contributed by atoms with van der Waals surface area (Å²) < 4.78 is 4.06. The molecule has 0 unspecified atom stereocenters. The van der Waals surface area contributed by atoms with E-state index >= 15 is 0 Å². The fraction of sp³-hybridized carbons (Fsp3) is 0.381. The summed E-state index contributed by atoms with van der Waals surface area (Å²) in [7, 11) is 0. The first kappa shape index (κ1) is 18.8. The number of benzene rings is 1. The van der Waals surface area contributed by atoms with Crippen LogP contribution in [0.2, 0.25) is 0 Å². The Balaban J connectivity index is 1.49. The molecule has 0 radical (unpaired) electrons. The van der Waals surface area contributed by atoms with Crippen molar-refractivity contribution in [2.45, 2.75) is 50.1 Å². The molecule has 0 spiro atoms. The summed E-state index contributed by atoms with van der Waals surface area (Å²) in [6.45, 7) is 2.01. The van der Waals surface area contributed by atoms with Crippen LogP contribution < -0.4 is 5.32 Å². The lowest BCUT2D eigenvalue weighted by Crippen LogP contribution is -2.18. The van der Waals surface area contributed by atoms with Crippen LogP contribution in [0.25, 0.3) is 0 Å². The second-order valence-electron chi connectivity index (χ2n) is 7.26. The summed E-state index contributed by atoms with van der Waals surface area (Å²) in [4.78, 5) is 12.4. The third-order valence-electron chi connectivity index (χ3n) is 5.06. The van der Waals surface area contributed by atoms with Gasteiger partial charge in [-0.2, -0.15) is 0 Å². The number of rotatable bonds is 6. The van der Waals surface area contributed by atoms with Crippen molar-refractivity contribution in [2.75, 3.05) is 11.1 Å². The maximum absolute atomic E-state index is 12.4. The summed E-state index contributed by atoms with van der Waals surface area (Å²) in [5.74, 6) is 1.67. The molecule has 1 amide bonds. The first-order chi connectivity index (χ1) is 13.7. The molecule has 1 saturated carbocycles. The highest BCUT2D eigenvalue weighted by atomic mass is 32.2. The van der Waals surface area contributed by atoms with Gasteiger partial charge in [0, 0.05) is 24.0 Å². The van der Waals surface area contributed by atoms with E-state index in [0.717, 1.165) is 35.1 Å². The van der Waals surface area contributed by atoms with Crippen LogP contribution in [0.4, 0.5) is 5.69 Å². The number of carbonyl (C=O) groups is 1. The third kappa shape index (κ3) is 4.30. The summed E-state index contributed by atoms with van der Waals surface area (Å²) >= 11 is 1.42. The molecule has 1 aromatic carbocycles. The van der Waals surface area contributed by atoms with Gasteiger partial charge in [-0.15, -0.1) is 10.2 Å². The van der Waals surface area contributed by atoms with Crippen molar-refractivity contribution in [3.63, 3.8) is 0 Å². The van der Waals surface area contributed by atoms with Crippen LogP contribution in [0, 0.1) is 6.92 Å². The van der Waals surface area contributed by atoms with E-state index in [1.807, 2.05) is 60.4 Å². The van der Waals surface area contributed by atoms with E-state index in [0.29, 0.717) is 5.92 Å². The van der Waals surface area contributed by atoms with Gasteiger partial charge in [-0.25, -0.2) is 4.68 Å². The van der Waals surface area contributed by atoms with E-state index in [1.165, 1.54) is 31.0 Å². The molecule has 0 saturated heterocycles. The second-order valence-corrected chi connectivity index (χ2v) is 8.20. The molecular formula is C21H25N5OS. The average Bonchev–Trinajstić information content (AvgIpc) is 3.36. The van der Waals surface area contributed by atoms with Crippen LogP contribution in [-0.4, -0.2) is 31.2 Å². The van der Waals surface area contributed by atoms with Gasteiger partial charge in [0.1, 0.15) is 0 Å². The zero-order valence-electron chi connectivity index (χ0n) is 16.0. The summed E-state index contributed by atoms with van der Waals surface area (Å²) in [5, 5.41) is 12.6. The molecule has 2 heterocycles. The van der Waals surface area contributed by atoms with E-state index < -0.39 is 0 Å². The topological polar surface area (TPSA) is 64.7 Å². The van der Waals surface area contributed by atoms with Crippen LogP contribution in [-0.2, 0) is 4.79 Å². The Morgan fingerprint density at radius 3 is 2.68 bits per heavy atom. The van der Waals surface area contributed by atoms with Crippen LogP contribution in [0.1, 0.15) is 49.4 Å². The summed E-state index contributed by atoms with van der Waals surface area (Å²) in [6, 6.07) is 11.8. The van der Waals surface area contributed by atoms with Crippen molar-refractivity contribution in [1.82, 2.24) is 19.5 Å². The maximum atomic E-state index is 12.4. The molecule has 7 heteroatoms. The van der Waals surface area contributed by atoms with Crippen molar-refractivity contribution in [1.29, 1.82) is 0 Å². The highest BCUT2D eigenvalue weighted by Crippen LogP contribution is 2.33. The number of nitrogens with one attached hydrogen (secondary N) is 1. The monoisotopic (exact) mass is 395 g/mol. The smallest absolute Gasteiger partial charge is 0.234 e. The van der Waals surface area contributed by atoms with E-state index in [-0.39, 0.29) is 11.7 Å². The Hall–Kier alpha value is -2.54. The molecule has 6 nitrogen and oxygen atoms in total. The van der Waals surface area contributed by atoms with Crippen LogP contribution in [0.5, 0.6) is 0 Å². The van der Waals surface area contributed by atoms with Gasteiger partial charge in [-0.05, 0) is 49.6 Å². The molecule has 1 fully saturated rings. The normalized spacial score (nSPS) is 14.9. The number of thioether (sulfide) groups is 1. The lowest BCUT2D eigenvalue weighted by molar-refractivity contribution is -0.113. The lowest BCUT2D eigenvalue weighted by Gasteiger charge is -2.22. The minimum atomic E-state index is -0.0446. The molecule has 146 valence electrons. The molecule has 1 aliphatic carbocycles. The minimum Gasteiger partial charge on any atom is -0.325 e. The Labute approximate surface area is 169 Å².